The molecule has 2 heterocycles. The van der Waals surface area contributed by atoms with Gasteiger partial charge in [-0.1, -0.05) is 11.6 Å². The van der Waals surface area contributed by atoms with Crippen LogP contribution in [0.25, 0.3) is 6.08 Å². The summed E-state index contributed by atoms with van der Waals surface area (Å²) in [6.45, 7) is 3.32. The first-order chi connectivity index (χ1) is 9.61. The van der Waals surface area contributed by atoms with Gasteiger partial charge >= 0.3 is 0 Å². The summed E-state index contributed by atoms with van der Waals surface area (Å²) in [5.74, 6) is 0.885. The summed E-state index contributed by atoms with van der Waals surface area (Å²) >= 11 is 6.01. The Hall–Kier alpha value is -1.94. The second kappa shape index (κ2) is 5.21. The van der Waals surface area contributed by atoms with Gasteiger partial charge in [0, 0.05) is 30.4 Å². The second-order valence-corrected chi connectivity index (χ2v) is 5.37. The molecule has 4 nitrogen and oxygen atoms in total. The quantitative estimate of drug-likeness (QED) is 0.942. The maximum atomic E-state index is 6.01. The summed E-state index contributed by atoms with van der Waals surface area (Å²) < 4.78 is 7.53. The summed E-state index contributed by atoms with van der Waals surface area (Å²) in [5, 5.41) is 8.42. The lowest BCUT2D eigenvalue weighted by molar-refractivity contribution is 0.346. The first-order valence-electron chi connectivity index (χ1n) is 6.48. The van der Waals surface area contributed by atoms with Gasteiger partial charge in [-0.3, -0.25) is 4.68 Å². The van der Waals surface area contributed by atoms with Crippen molar-refractivity contribution in [3.05, 3.63) is 46.2 Å². The monoisotopic (exact) mass is 289 g/mol. The number of aryl methyl sites for hydroxylation is 2. The molecule has 1 aliphatic heterocycles. The van der Waals surface area contributed by atoms with Crippen molar-refractivity contribution in [2.24, 2.45) is 7.05 Å². The molecular formula is C15H16ClN3O. The molecule has 0 atom stereocenters. The molecule has 0 saturated heterocycles. The van der Waals surface area contributed by atoms with Crippen molar-refractivity contribution in [3.63, 3.8) is 0 Å². The molecule has 0 aliphatic carbocycles. The van der Waals surface area contributed by atoms with Crippen molar-refractivity contribution in [3.8, 4) is 5.75 Å². The molecule has 1 aromatic heterocycles. The first-order valence-corrected chi connectivity index (χ1v) is 6.85. The molecule has 5 heteroatoms. The van der Waals surface area contributed by atoms with Crippen LogP contribution in [0.4, 0.5) is 5.69 Å². The van der Waals surface area contributed by atoms with Crippen LogP contribution in [0.1, 0.15) is 11.3 Å². The summed E-state index contributed by atoms with van der Waals surface area (Å²) in [6, 6.07) is 5.67. The minimum Gasteiger partial charge on any atom is -0.489 e. The Morgan fingerprint density at radius 1 is 1.45 bits per heavy atom. The number of nitrogens with one attached hydrogen (secondary N) is 1. The van der Waals surface area contributed by atoms with Crippen molar-refractivity contribution in [1.82, 2.24) is 9.78 Å². The molecule has 2 aromatic rings. The number of halogens is 1. The smallest absolute Gasteiger partial charge is 0.127 e. The predicted octanol–water partition coefficient (Wildman–Crippen LogP) is 3.27. The van der Waals surface area contributed by atoms with Crippen molar-refractivity contribution in [1.29, 1.82) is 0 Å². The van der Waals surface area contributed by atoms with Crippen LogP contribution in [0, 0.1) is 6.92 Å². The van der Waals surface area contributed by atoms with Crippen LogP contribution in [0.5, 0.6) is 5.75 Å². The zero-order chi connectivity index (χ0) is 14.1. The predicted molar refractivity (Wildman–Crippen MR) is 81.4 cm³/mol. The minimum absolute atomic E-state index is 0.598. The molecule has 1 aliphatic rings. The van der Waals surface area contributed by atoms with Crippen molar-refractivity contribution in [2.75, 3.05) is 18.5 Å². The van der Waals surface area contributed by atoms with Crippen molar-refractivity contribution in [2.45, 2.75) is 6.92 Å². The highest BCUT2D eigenvalue weighted by Gasteiger charge is 2.12. The largest absolute Gasteiger partial charge is 0.489 e. The molecule has 0 bridgehead atoms. The molecule has 0 saturated carbocycles. The maximum absolute atomic E-state index is 6.01. The van der Waals surface area contributed by atoms with E-state index in [0.717, 1.165) is 34.3 Å². The zero-order valence-corrected chi connectivity index (χ0v) is 12.2. The average molecular weight is 290 g/mol. The van der Waals surface area contributed by atoms with Crippen LogP contribution in [-0.2, 0) is 7.05 Å². The molecule has 0 unspecified atom stereocenters. The van der Waals surface area contributed by atoms with Gasteiger partial charge in [-0.2, -0.15) is 5.10 Å². The van der Waals surface area contributed by atoms with Crippen LogP contribution in [0.15, 0.2) is 30.0 Å². The summed E-state index contributed by atoms with van der Waals surface area (Å²) in [6.07, 6.45) is 4.10. The average Bonchev–Trinajstić information content (AvgIpc) is 2.74. The fraction of sp³-hybridized carbons (Fsp3) is 0.267. The van der Waals surface area contributed by atoms with Crippen molar-refractivity contribution >= 4 is 23.4 Å². The Morgan fingerprint density at radius 3 is 3.05 bits per heavy atom. The first kappa shape index (κ1) is 13.1. The van der Waals surface area contributed by atoms with E-state index in [1.54, 1.807) is 4.68 Å². The number of hydrogen-bond donors (Lipinski definition) is 1. The van der Waals surface area contributed by atoms with E-state index in [9.17, 15) is 0 Å². The number of rotatable bonds is 3. The maximum Gasteiger partial charge on any atom is 0.127 e. The van der Waals surface area contributed by atoms with E-state index in [1.807, 2.05) is 38.4 Å². The number of benzene rings is 1. The highest BCUT2D eigenvalue weighted by molar-refractivity contribution is 6.30. The third kappa shape index (κ3) is 2.65. The van der Waals surface area contributed by atoms with Crippen molar-refractivity contribution < 1.29 is 4.74 Å². The molecule has 3 rings (SSSR count). The van der Waals surface area contributed by atoms with Crippen LogP contribution in [0.2, 0.25) is 5.02 Å². The van der Waals surface area contributed by atoms with E-state index in [-0.39, 0.29) is 0 Å². The third-order valence-electron chi connectivity index (χ3n) is 3.26. The highest BCUT2D eigenvalue weighted by atomic mass is 35.5. The molecule has 1 aromatic carbocycles. The van der Waals surface area contributed by atoms with E-state index >= 15 is 0 Å². The molecule has 104 valence electrons. The van der Waals surface area contributed by atoms with E-state index in [0.29, 0.717) is 6.61 Å². The van der Waals surface area contributed by atoms with E-state index in [1.165, 1.54) is 5.57 Å². The Bertz CT molecular complexity index is 676. The van der Waals surface area contributed by atoms with Crippen LogP contribution >= 0.6 is 11.6 Å². The number of aromatic nitrogens is 2. The highest BCUT2D eigenvalue weighted by Crippen LogP contribution is 2.29. The Labute approximate surface area is 123 Å². The van der Waals surface area contributed by atoms with Gasteiger partial charge < -0.3 is 10.1 Å². The number of ether oxygens (including phenoxy) is 1. The molecule has 0 spiro atoms. The number of nitrogens with zero attached hydrogens (tertiary/aromatic N) is 2. The van der Waals surface area contributed by atoms with E-state index < -0.39 is 0 Å². The molecule has 0 amide bonds. The van der Waals surface area contributed by atoms with Gasteiger partial charge in [-0.05, 0) is 36.8 Å². The Kier molecular flexibility index (Phi) is 3.40. The van der Waals surface area contributed by atoms with Crippen LogP contribution in [0.3, 0.4) is 0 Å². The lowest BCUT2D eigenvalue weighted by Crippen LogP contribution is -2.14. The third-order valence-corrected chi connectivity index (χ3v) is 3.50. The topological polar surface area (TPSA) is 39.1 Å². The molecule has 1 N–H and O–H groups in total. The number of anilines is 1. The van der Waals surface area contributed by atoms with Gasteiger partial charge in [0.15, 0.2) is 0 Å². The zero-order valence-electron chi connectivity index (χ0n) is 11.5. The Balaban J connectivity index is 1.74. The summed E-state index contributed by atoms with van der Waals surface area (Å²) in [7, 11) is 1.92. The van der Waals surface area contributed by atoms with E-state index in [2.05, 4.69) is 16.5 Å². The number of fused-ring (bicyclic) bond motifs is 1. The Morgan fingerprint density at radius 2 is 2.30 bits per heavy atom. The molecule has 0 radical (unpaired) electrons. The second-order valence-electron chi connectivity index (χ2n) is 4.93. The van der Waals surface area contributed by atoms with Gasteiger partial charge in [0.25, 0.3) is 0 Å². The van der Waals surface area contributed by atoms with Gasteiger partial charge in [0.05, 0.1) is 11.4 Å². The lowest BCUT2D eigenvalue weighted by Gasteiger charge is -2.18. The van der Waals surface area contributed by atoms with E-state index in [4.69, 9.17) is 16.3 Å². The normalized spacial score (nSPS) is 13.4. The minimum atomic E-state index is 0.598. The standard InChI is InChI=1S/C15H16ClN3O/c1-10-14(8-19(2)18-10)17-7-11-5-12-6-13(16)3-4-15(12)20-9-11/h3-6,8,17H,7,9H2,1-2H3. The van der Waals surface area contributed by atoms with Gasteiger partial charge in [-0.15, -0.1) is 0 Å². The fourth-order valence-electron chi connectivity index (χ4n) is 2.28. The molecule has 20 heavy (non-hydrogen) atoms. The van der Waals surface area contributed by atoms with Gasteiger partial charge in [0.2, 0.25) is 0 Å². The summed E-state index contributed by atoms with van der Waals surface area (Å²) in [5.41, 5.74) is 4.25. The van der Waals surface area contributed by atoms with Gasteiger partial charge in [-0.25, -0.2) is 0 Å². The van der Waals surface area contributed by atoms with Crippen LogP contribution < -0.4 is 10.1 Å². The SMILES string of the molecule is Cc1nn(C)cc1NCC1=Cc2cc(Cl)ccc2OC1. The molecular weight excluding hydrogens is 274 g/mol. The molecule has 0 fully saturated rings. The lowest BCUT2D eigenvalue weighted by atomic mass is 10.1. The number of hydrogen-bond acceptors (Lipinski definition) is 3. The fourth-order valence-corrected chi connectivity index (χ4v) is 2.46. The van der Waals surface area contributed by atoms with Crippen LogP contribution in [-0.4, -0.2) is 22.9 Å². The van der Waals surface area contributed by atoms with Gasteiger partial charge in [0.1, 0.15) is 12.4 Å². The summed E-state index contributed by atoms with van der Waals surface area (Å²) in [4.78, 5) is 0.